The molecule has 0 aliphatic carbocycles. The van der Waals surface area contributed by atoms with Crippen molar-refractivity contribution in [2.24, 2.45) is 0 Å². The smallest absolute Gasteiger partial charge is 0.199 e. The Kier molecular flexibility index (Phi) is 2.43. The first-order valence-corrected chi connectivity index (χ1v) is 5.25. The molecule has 0 atom stereocenters. The molecule has 0 saturated carbocycles. The van der Waals surface area contributed by atoms with Crippen molar-refractivity contribution in [1.29, 1.82) is 0 Å². The average molecular weight is 197 g/mol. The third kappa shape index (κ3) is 1.89. The van der Waals surface area contributed by atoms with Crippen molar-refractivity contribution >= 4 is 15.5 Å². The largest absolute Gasteiger partial charge is 0.399 e. The van der Waals surface area contributed by atoms with Crippen LogP contribution in [0.5, 0.6) is 0 Å². The van der Waals surface area contributed by atoms with Crippen LogP contribution in [0, 0.1) is 6.92 Å². The van der Waals surface area contributed by atoms with E-state index in [9.17, 15) is 8.42 Å². The van der Waals surface area contributed by atoms with Crippen LogP contribution in [0.25, 0.3) is 0 Å². The summed E-state index contributed by atoms with van der Waals surface area (Å²) in [5, 5.41) is 0.929. The number of hydrogen-bond acceptors (Lipinski definition) is 3. The van der Waals surface area contributed by atoms with Crippen LogP contribution in [-0.2, 0) is 9.84 Å². The van der Waals surface area contributed by atoms with E-state index < -0.39 is 9.84 Å². The lowest BCUT2D eigenvalue weighted by molar-refractivity contribution is 0.604. The third-order valence-corrected chi connectivity index (χ3v) is 3.14. The Morgan fingerprint density at radius 1 is 1.46 bits per heavy atom. The summed E-state index contributed by atoms with van der Waals surface area (Å²) in [6.45, 7) is 5.00. The first-order valence-electron chi connectivity index (χ1n) is 3.71. The Hall–Kier alpha value is -1.29. The fourth-order valence-corrected chi connectivity index (χ4v) is 1.71. The molecular weight excluding hydrogens is 186 g/mol. The Morgan fingerprint density at radius 2 is 2.08 bits per heavy atom. The van der Waals surface area contributed by atoms with Crippen LogP contribution in [0.15, 0.2) is 35.1 Å². The van der Waals surface area contributed by atoms with E-state index in [0.29, 0.717) is 5.69 Å². The molecule has 0 unspecified atom stereocenters. The molecule has 1 aromatic carbocycles. The Labute approximate surface area is 77.8 Å². The lowest BCUT2D eigenvalue weighted by Gasteiger charge is -2.02. The van der Waals surface area contributed by atoms with E-state index in [4.69, 9.17) is 5.73 Å². The van der Waals surface area contributed by atoms with Gasteiger partial charge >= 0.3 is 0 Å². The minimum Gasteiger partial charge on any atom is -0.399 e. The van der Waals surface area contributed by atoms with Crippen LogP contribution in [0.3, 0.4) is 0 Å². The maximum Gasteiger partial charge on any atom is 0.199 e. The second-order valence-corrected chi connectivity index (χ2v) is 4.62. The van der Waals surface area contributed by atoms with Gasteiger partial charge in [-0.25, -0.2) is 8.42 Å². The first-order chi connectivity index (χ1) is 5.97. The Balaban J connectivity index is 3.35. The molecule has 0 fully saturated rings. The highest BCUT2D eigenvalue weighted by Crippen LogP contribution is 2.17. The summed E-state index contributed by atoms with van der Waals surface area (Å²) in [6, 6.07) is 4.58. The molecule has 4 heteroatoms. The molecule has 0 saturated heterocycles. The van der Waals surface area contributed by atoms with Crippen molar-refractivity contribution in [2.75, 3.05) is 5.73 Å². The normalized spacial score (nSPS) is 11.2. The van der Waals surface area contributed by atoms with Crippen LogP contribution < -0.4 is 5.73 Å². The van der Waals surface area contributed by atoms with Gasteiger partial charge < -0.3 is 5.73 Å². The molecule has 0 spiro atoms. The summed E-state index contributed by atoms with van der Waals surface area (Å²) in [4.78, 5) is 0.231. The van der Waals surface area contributed by atoms with E-state index in [1.54, 1.807) is 13.0 Å². The lowest BCUT2D eigenvalue weighted by Crippen LogP contribution is -1.97. The predicted molar refractivity (Wildman–Crippen MR) is 53.0 cm³/mol. The molecule has 0 aromatic heterocycles. The van der Waals surface area contributed by atoms with Crippen LogP contribution in [0.4, 0.5) is 5.69 Å². The van der Waals surface area contributed by atoms with E-state index in [0.717, 1.165) is 11.0 Å². The first kappa shape index (κ1) is 9.80. The topological polar surface area (TPSA) is 60.2 Å². The Bertz CT molecular complexity index is 435. The molecule has 70 valence electrons. The minimum atomic E-state index is -3.33. The zero-order valence-electron chi connectivity index (χ0n) is 7.32. The lowest BCUT2D eigenvalue weighted by atomic mass is 10.2. The van der Waals surface area contributed by atoms with Crippen molar-refractivity contribution in [1.82, 2.24) is 0 Å². The van der Waals surface area contributed by atoms with Gasteiger partial charge in [0.2, 0.25) is 0 Å². The summed E-state index contributed by atoms with van der Waals surface area (Å²) in [5.74, 6) is 0. The number of sulfone groups is 1. The average Bonchev–Trinajstić information content (AvgIpc) is 2.09. The van der Waals surface area contributed by atoms with Gasteiger partial charge in [0, 0.05) is 11.1 Å². The van der Waals surface area contributed by atoms with Gasteiger partial charge in [-0.2, -0.15) is 0 Å². The van der Waals surface area contributed by atoms with E-state index in [1.165, 1.54) is 12.1 Å². The molecule has 0 heterocycles. The SMILES string of the molecule is C=CS(=O)(=O)c1ccc(N)c(C)c1. The van der Waals surface area contributed by atoms with E-state index >= 15 is 0 Å². The molecule has 0 aliphatic rings. The van der Waals surface area contributed by atoms with Crippen LogP contribution in [0.2, 0.25) is 0 Å². The molecule has 1 aromatic rings. The molecular formula is C9H11NO2S. The number of hydrogen-bond donors (Lipinski definition) is 1. The summed E-state index contributed by atoms with van der Waals surface area (Å²) in [6.07, 6.45) is 0. The number of benzene rings is 1. The van der Waals surface area contributed by atoms with Crippen molar-refractivity contribution in [3.8, 4) is 0 Å². The quantitative estimate of drug-likeness (QED) is 0.731. The standard InChI is InChI=1S/C9H11NO2S/c1-3-13(11,12)8-4-5-9(10)7(2)6-8/h3-6H,1,10H2,2H3. The summed E-state index contributed by atoms with van der Waals surface area (Å²) >= 11 is 0. The van der Waals surface area contributed by atoms with E-state index in [2.05, 4.69) is 6.58 Å². The van der Waals surface area contributed by atoms with Crippen molar-refractivity contribution < 1.29 is 8.42 Å². The maximum absolute atomic E-state index is 11.3. The van der Waals surface area contributed by atoms with Gasteiger partial charge in [-0.1, -0.05) is 6.58 Å². The number of nitrogens with two attached hydrogens (primary N) is 1. The Morgan fingerprint density at radius 3 is 2.54 bits per heavy atom. The highest BCUT2D eigenvalue weighted by atomic mass is 32.2. The van der Waals surface area contributed by atoms with Gasteiger partial charge in [-0.3, -0.25) is 0 Å². The molecule has 0 radical (unpaired) electrons. The van der Waals surface area contributed by atoms with Gasteiger partial charge in [0.1, 0.15) is 0 Å². The predicted octanol–water partition coefficient (Wildman–Crippen LogP) is 1.49. The van der Waals surface area contributed by atoms with Crippen molar-refractivity contribution in [3.63, 3.8) is 0 Å². The molecule has 13 heavy (non-hydrogen) atoms. The third-order valence-electron chi connectivity index (χ3n) is 1.79. The fraction of sp³-hybridized carbons (Fsp3) is 0.111. The van der Waals surface area contributed by atoms with E-state index in [-0.39, 0.29) is 4.90 Å². The minimum absolute atomic E-state index is 0.231. The zero-order valence-corrected chi connectivity index (χ0v) is 8.14. The number of aryl methyl sites for hydroxylation is 1. The highest BCUT2D eigenvalue weighted by Gasteiger charge is 2.09. The number of rotatable bonds is 2. The molecule has 0 amide bonds. The van der Waals surface area contributed by atoms with Gasteiger partial charge in [-0.05, 0) is 30.7 Å². The fourth-order valence-electron chi connectivity index (χ4n) is 0.921. The molecule has 2 N–H and O–H groups in total. The molecule has 1 rings (SSSR count). The summed E-state index contributed by atoms with van der Waals surface area (Å²) in [7, 11) is -3.33. The molecule has 0 aliphatic heterocycles. The zero-order chi connectivity index (χ0) is 10.1. The van der Waals surface area contributed by atoms with Crippen LogP contribution >= 0.6 is 0 Å². The number of nitrogen functional groups attached to an aromatic ring is 1. The second kappa shape index (κ2) is 3.22. The van der Waals surface area contributed by atoms with Gasteiger partial charge in [0.25, 0.3) is 0 Å². The summed E-state index contributed by atoms with van der Waals surface area (Å²) in [5.41, 5.74) is 6.89. The number of anilines is 1. The van der Waals surface area contributed by atoms with Gasteiger partial charge in [0.15, 0.2) is 9.84 Å². The van der Waals surface area contributed by atoms with Crippen LogP contribution in [-0.4, -0.2) is 8.42 Å². The molecule has 0 bridgehead atoms. The van der Waals surface area contributed by atoms with Gasteiger partial charge in [0.05, 0.1) is 4.90 Å². The highest BCUT2D eigenvalue weighted by molar-refractivity contribution is 7.94. The maximum atomic E-state index is 11.3. The monoisotopic (exact) mass is 197 g/mol. The van der Waals surface area contributed by atoms with Crippen molar-refractivity contribution in [2.45, 2.75) is 11.8 Å². The van der Waals surface area contributed by atoms with Gasteiger partial charge in [-0.15, -0.1) is 0 Å². The summed E-state index contributed by atoms with van der Waals surface area (Å²) < 4.78 is 22.6. The van der Waals surface area contributed by atoms with E-state index in [1.807, 2.05) is 0 Å². The van der Waals surface area contributed by atoms with Crippen LogP contribution in [0.1, 0.15) is 5.56 Å². The molecule has 3 nitrogen and oxygen atoms in total. The second-order valence-electron chi connectivity index (χ2n) is 2.73. The van der Waals surface area contributed by atoms with Crippen molar-refractivity contribution in [3.05, 3.63) is 35.7 Å².